The average molecular weight is 509 g/mol. The van der Waals surface area contributed by atoms with Gasteiger partial charge in [0.2, 0.25) is 6.79 Å². The minimum absolute atomic E-state index is 0.115. The molecule has 5 rings (SSSR count). The second kappa shape index (κ2) is 9.54. The van der Waals surface area contributed by atoms with Crippen molar-refractivity contribution in [2.24, 2.45) is 4.99 Å². The van der Waals surface area contributed by atoms with Gasteiger partial charge in [-0.3, -0.25) is 9.36 Å². The van der Waals surface area contributed by atoms with Gasteiger partial charge in [-0.05, 0) is 55.8 Å². The van der Waals surface area contributed by atoms with Gasteiger partial charge in [-0.2, -0.15) is 0 Å². The summed E-state index contributed by atoms with van der Waals surface area (Å²) >= 11 is 1.23. The molecule has 0 saturated heterocycles. The first kappa shape index (κ1) is 23.7. The maximum Gasteiger partial charge on any atom is 0.338 e. The molecule has 0 radical (unpaired) electrons. The average Bonchev–Trinajstić information content (AvgIpc) is 3.47. The highest BCUT2D eigenvalue weighted by molar-refractivity contribution is 7.07. The predicted molar refractivity (Wildman–Crippen MR) is 133 cm³/mol. The fourth-order valence-electron chi connectivity index (χ4n) is 4.28. The molecule has 0 N–H and O–H groups in total. The number of aromatic nitrogens is 1. The number of nitrogens with zero attached hydrogens (tertiary/aromatic N) is 2. The Morgan fingerprint density at radius 2 is 1.97 bits per heavy atom. The Labute approximate surface area is 210 Å². The Morgan fingerprint density at radius 1 is 1.17 bits per heavy atom. The van der Waals surface area contributed by atoms with E-state index < -0.39 is 12.0 Å². The van der Waals surface area contributed by atoms with E-state index in [0.29, 0.717) is 54.7 Å². The minimum atomic E-state index is -0.746. The molecule has 186 valence electrons. The van der Waals surface area contributed by atoms with Crippen LogP contribution in [0.2, 0.25) is 0 Å². The van der Waals surface area contributed by atoms with Crippen LogP contribution in [0, 0.1) is 0 Å². The molecule has 0 unspecified atom stereocenters. The molecule has 1 atom stereocenters. The van der Waals surface area contributed by atoms with Crippen molar-refractivity contribution in [2.75, 3.05) is 27.6 Å². The largest absolute Gasteiger partial charge is 0.497 e. The number of carbonyl (C=O) groups excluding carboxylic acids is 1. The van der Waals surface area contributed by atoms with Crippen molar-refractivity contribution in [1.29, 1.82) is 0 Å². The summed E-state index contributed by atoms with van der Waals surface area (Å²) in [4.78, 5) is 31.9. The molecule has 36 heavy (non-hydrogen) atoms. The fraction of sp³-hybridized carbons (Fsp3) is 0.269. The highest BCUT2D eigenvalue weighted by atomic mass is 32.1. The van der Waals surface area contributed by atoms with Crippen molar-refractivity contribution in [3.05, 3.63) is 78.5 Å². The van der Waals surface area contributed by atoms with Gasteiger partial charge in [-0.1, -0.05) is 17.4 Å². The summed E-state index contributed by atoms with van der Waals surface area (Å²) in [5.41, 5.74) is 1.86. The van der Waals surface area contributed by atoms with Crippen molar-refractivity contribution in [3.8, 4) is 23.0 Å². The Balaban J connectivity index is 1.73. The number of benzene rings is 2. The molecular weight excluding hydrogens is 484 g/mol. The van der Waals surface area contributed by atoms with Crippen LogP contribution in [0.25, 0.3) is 6.08 Å². The topological polar surface area (TPSA) is 97.6 Å². The van der Waals surface area contributed by atoms with Crippen molar-refractivity contribution >= 4 is 23.4 Å². The number of fused-ring (bicyclic) bond motifs is 2. The van der Waals surface area contributed by atoms with Gasteiger partial charge < -0.3 is 23.7 Å². The molecule has 0 bridgehead atoms. The third kappa shape index (κ3) is 4.03. The quantitative estimate of drug-likeness (QED) is 0.472. The smallest absolute Gasteiger partial charge is 0.338 e. The number of rotatable bonds is 6. The van der Waals surface area contributed by atoms with Gasteiger partial charge in [0.15, 0.2) is 16.3 Å². The number of ether oxygens (including phenoxy) is 5. The number of hydrogen-bond donors (Lipinski definition) is 0. The first-order valence-electron chi connectivity index (χ1n) is 11.3. The second-order valence-electron chi connectivity index (χ2n) is 8.02. The van der Waals surface area contributed by atoms with Crippen LogP contribution in [0.1, 0.15) is 31.0 Å². The third-order valence-corrected chi connectivity index (χ3v) is 6.94. The van der Waals surface area contributed by atoms with Gasteiger partial charge in [0.25, 0.3) is 5.56 Å². The van der Waals surface area contributed by atoms with Crippen LogP contribution in [0.3, 0.4) is 0 Å². The molecule has 0 fully saturated rings. The highest BCUT2D eigenvalue weighted by Crippen LogP contribution is 2.38. The molecule has 10 heteroatoms. The lowest BCUT2D eigenvalue weighted by Gasteiger charge is -2.24. The summed E-state index contributed by atoms with van der Waals surface area (Å²) in [6, 6.07) is 9.98. The van der Waals surface area contributed by atoms with Crippen LogP contribution in [0.15, 0.2) is 57.5 Å². The predicted octanol–water partition coefficient (Wildman–Crippen LogP) is 2.54. The van der Waals surface area contributed by atoms with E-state index in [2.05, 4.69) is 4.99 Å². The first-order chi connectivity index (χ1) is 17.4. The number of methoxy groups -OCH3 is 2. The molecule has 0 aliphatic carbocycles. The lowest BCUT2D eigenvalue weighted by Crippen LogP contribution is -2.39. The standard InChI is InChI=1S/C26H24N2O7S/c1-5-33-25(30)22-14(2)27-26-28(23(22)15-6-8-19-20(11-15)35-13-34-19)24(29)21(36-26)12-16-10-17(31-3)7-9-18(16)32-4/h6-12,23H,5,13H2,1-4H3/b21-12-/t23-/m1/s1. The monoisotopic (exact) mass is 508 g/mol. The molecule has 3 aromatic rings. The molecule has 9 nitrogen and oxygen atoms in total. The Bertz CT molecular complexity index is 1570. The lowest BCUT2D eigenvalue weighted by atomic mass is 9.95. The van der Waals surface area contributed by atoms with Gasteiger partial charge in [0.05, 0.1) is 42.7 Å². The summed E-state index contributed by atoms with van der Waals surface area (Å²) in [6.45, 7) is 3.79. The van der Waals surface area contributed by atoms with Crippen molar-refractivity contribution < 1.29 is 28.5 Å². The highest BCUT2D eigenvalue weighted by Gasteiger charge is 2.34. The second-order valence-corrected chi connectivity index (χ2v) is 9.03. The van der Waals surface area contributed by atoms with E-state index in [1.807, 2.05) is 6.07 Å². The Hall–Kier alpha value is -4.05. The summed E-state index contributed by atoms with van der Waals surface area (Å²) in [7, 11) is 3.14. The lowest BCUT2D eigenvalue weighted by molar-refractivity contribution is -0.139. The third-order valence-electron chi connectivity index (χ3n) is 5.95. The van der Waals surface area contributed by atoms with Gasteiger partial charge >= 0.3 is 5.97 Å². The van der Waals surface area contributed by atoms with Crippen LogP contribution in [-0.4, -0.2) is 38.2 Å². The number of thiazole rings is 1. The van der Waals surface area contributed by atoms with E-state index in [4.69, 9.17) is 23.7 Å². The minimum Gasteiger partial charge on any atom is -0.497 e. The zero-order valence-corrected chi connectivity index (χ0v) is 21.0. The molecule has 3 heterocycles. The number of allylic oxidation sites excluding steroid dienone is 1. The molecule has 1 aromatic heterocycles. The van der Waals surface area contributed by atoms with Gasteiger partial charge in [0.1, 0.15) is 11.5 Å². The Kier molecular flexibility index (Phi) is 6.27. The van der Waals surface area contributed by atoms with Crippen LogP contribution < -0.4 is 33.8 Å². The van der Waals surface area contributed by atoms with E-state index in [-0.39, 0.29) is 19.0 Å². The molecular formula is C26H24N2O7S. The van der Waals surface area contributed by atoms with Gasteiger partial charge in [-0.15, -0.1) is 0 Å². The Morgan fingerprint density at radius 3 is 2.72 bits per heavy atom. The number of esters is 1. The van der Waals surface area contributed by atoms with Crippen LogP contribution in [0.4, 0.5) is 0 Å². The van der Waals surface area contributed by atoms with Gasteiger partial charge in [-0.25, -0.2) is 9.79 Å². The van der Waals surface area contributed by atoms with Crippen molar-refractivity contribution in [3.63, 3.8) is 0 Å². The zero-order valence-electron chi connectivity index (χ0n) is 20.2. The van der Waals surface area contributed by atoms with Crippen molar-refractivity contribution in [1.82, 2.24) is 4.57 Å². The van der Waals surface area contributed by atoms with Gasteiger partial charge in [0, 0.05) is 5.56 Å². The molecule has 2 aromatic carbocycles. The maximum atomic E-state index is 13.8. The van der Waals surface area contributed by atoms with Crippen LogP contribution in [0.5, 0.6) is 23.0 Å². The van der Waals surface area contributed by atoms with E-state index in [9.17, 15) is 9.59 Å². The fourth-order valence-corrected chi connectivity index (χ4v) is 5.32. The number of hydrogen-bond acceptors (Lipinski definition) is 9. The molecule has 0 spiro atoms. The molecule has 0 saturated carbocycles. The maximum absolute atomic E-state index is 13.8. The summed E-state index contributed by atoms with van der Waals surface area (Å²) in [5.74, 6) is 1.86. The van der Waals surface area contributed by atoms with Crippen molar-refractivity contribution in [2.45, 2.75) is 19.9 Å². The SMILES string of the molecule is CCOC(=O)C1=C(C)N=c2s/c(=C\c3cc(OC)ccc3OC)c(=O)n2[C@@H]1c1ccc2c(c1)OCO2. The molecule has 2 aliphatic rings. The van der Waals surface area contributed by atoms with E-state index in [1.165, 1.54) is 15.9 Å². The first-order valence-corrected chi connectivity index (χ1v) is 12.1. The molecule has 2 aliphatic heterocycles. The van der Waals surface area contributed by atoms with E-state index in [0.717, 1.165) is 0 Å². The van der Waals surface area contributed by atoms with Crippen LogP contribution >= 0.6 is 11.3 Å². The zero-order chi connectivity index (χ0) is 25.4. The summed E-state index contributed by atoms with van der Waals surface area (Å²) < 4.78 is 29.1. The number of carbonyl (C=O) groups is 1. The van der Waals surface area contributed by atoms with Crippen LogP contribution in [-0.2, 0) is 9.53 Å². The van der Waals surface area contributed by atoms with E-state index >= 15 is 0 Å². The molecule has 0 amide bonds. The summed E-state index contributed by atoms with van der Waals surface area (Å²) in [5, 5.41) is 0. The van der Waals surface area contributed by atoms with E-state index in [1.54, 1.807) is 64.5 Å². The summed E-state index contributed by atoms with van der Waals surface area (Å²) in [6.07, 6.45) is 1.74. The normalized spacial score (nSPS) is 16.4.